The summed E-state index contributed by atoms with van der Waals surface area (Å²) < 4.78 is 0. The fourth-order valence-electron chi connectivity index (χ4n) is 1.05. The van der Waals surface area contributed by atoms with Gasteiger partial charge in [-0.3, -0.25) is 4.79 Å². The summed E-state index contributed by atoms with van der Waals surface area (Å²) in [5.74, 6) is 1.88. The Morgan fingerprint density at radius 1 is 1.69 bits per heavy atom. The van der Waals surface area contributed by atoms with E-state index in [0.29, 0.717) is 13.0 Å². The van der Waals surface area contributed by atoms with Crippen LogP contribution in [0.15, 0.2) is 0 Å². The fraction of sp³-hybridized carbons (Fsp3) is 0.700. The van der Waals surface area contributed by atoms with Crippen LogP contribution in [-0.2, 0) is 4.79 Å². The lowest BCUT2D eigenvalue weighted by Crippen LogP contribution is -2.28. The van der Waals surface area contributed by atoms with Crippen molar-refractivity contribution in [3.05, 3.63) is 0 Å². The van der Waals surface area contributed by atoms with Crippen LogP contribution in [0, 0.1) is 12.3 Å². The van der Waals surface area contributed by atoms with Crippen molar-refractivity contribution < 1.29 is 9.90 Å². The minimum atomic E-state index is -0.755. The molecule has 0 aliphatic rings. The van der Waals surface area contributed by atoms with Crippen LogP contribution in [0.25, 0.3) is 0 Å². The Bertz CT molecular complexity index is 184. The van der Waals surface area contributed by atoms with Crippen LogP contribution >= 0.6 is 0 Å². The van der Waals surface area contributed by atoms with Crippen LogP contribution in [0.5, 0.6) is 0 Å². The smallest absolute Gasteiger partial charge is 0.303 e. The van der Waals surface area contributed by atoms with E-state index in [2.05, 4.69) is 18.2 Å². The molecular weight excluding hydrogens is 166 g/mol. The van der Waals surface area contributed by atoms with Gasteiger partial charge in [0.05, 0.1) is 6.04 Å². The second-order valence-corrected chi connectivity index (χ2v) is 2.96. The molecule has 0 aromatic rings. The fourth-order valence-corrected chi connectivity index (χ4v) is 1.05. The Labute approximate surface area is 79.5 Å². The molecular formula is C10H17NO2. The van der Waals surface area contributed by atoms with E-state index in [-0.39, 0.29) is 12.5 Å². The Kier molecular flexibility index (Phi) is 7.04. The van der Waals surface area contributed by atoms with Gasteiger partial charge in [0.25, 0.3) is 0 Å². The molecule has 0 saturated carbocycles. The highest BCUT2D eigenvalue weighted by Crippen LogP contribution is 1.95. The van der Waals surface area contributed by atoms with Crippen molar-refractivity contribution in [2.75, 3.05) is 6.54 Å². The summed E-state index contributed by atoms with van der Waals surface area (Å²) >= 11 is 0. The summed E-state index contributed by atoms with van der Waals surface area (Å²) in [6.07, 6.45) is 8.10. The van der Waals surface area contributed by atoms with Crippen molar-refractivity contribution in [3.8, 4) is 12.3 Å². The van der Waals surface area contributed by atoms with Crippen molar-refractivity contribution in [2.45, 2.75) is 38.6 Å². The van der Waals surface area contributed by atoms with Gasteiger partial charge in [-0.25, -0.2) is 0 Å². The molecule has 0 rings (SSSR count). The van der Waals surface area contributed by atoms with E-state index >= 15 is 0 Å². The van der Waals surface area contributed by atoms with Gasteiger partial charge in [-0.2, -0.15) is 0 Å². The molecule has 0 aliphatic carbocycles. The first-order valence-electron chi connectivity index (χ1n) is 4.62. The number of hydrogen-bond acceptors (Lipinski definition) is 2. The summed E-state index contributed by atoms with van der Waals surface area (Å²) in [4.78, 5) is 10.2. The molecule has 0 saturated heterocycles. The third-order valence-electron chi connectivity index (χ3n) is 1.74. The number of carboxylic acids is 1. The number of carbonyl (C=O) groups is 1. The second kappa shape index (κ2) is 7.63. The quantitative estimate of drug-likeness (QED) is 0.461. The lowest BCUT2D eigenvalue weighted by molar-refractivity contribution is -0.137. The Hall–Kier alpha value is -1.01. The number of hydrogen-bond donors (Lipinski definition) is 2. The molecule has 0 amide bonds. The molecule has 0 spiro atoms. The molecule has 1 unspecified atom stereocenters. The summed E-state index contributed by atoms with van der Waals surface area (Å²) in [6, 6.07) is 0.0961. The van der Waals surface area contributed by atoms with Crippen LogP contribution in [0.3, 0.4) is 0 Å². The molecule has 1 atom stereocenters. The molecule has 0 aliphatic heterocycles. The summed E-state index contributed by atoms with van der Waals surface area (Å²) in [6.45, 7) is 2.75. The van der Waals surface area contributed by atoms with Crippen molar-refractivity contribution in [1.29, 1.82) is 0 Å². The van der Waals surface area contributed by atoms with Gasteiger partial charge < -0.3 is 10.4 Å². The molecule has 2 N–H and O–H groups in total. The summed E-state index contributed by atoms with van der Waals surface area (Å²) in [7, 11) is 0. The monoisotopic (exact) mass is 183 g/mol. The molecule has 0 aromatic heterocycles. The standard InChI is InChI=1S/C10H17NO2/c1-3-6-9(4-2)11-8-5-7-10(12)13/h2,9,11H,3,5-8H2,1H3,(H,12,13). The first kappa shape index (κ1) is 12.0. The third kappa shape index (κ3) is 7.35. The second-order valence-electron chi connectivity index (χ2n) is 2.96. The first-order chi connectivity index (χ1) is 6.20. The van der Waals surface area contributed by atoms with Crippen molar-refractivity contribution >= 4 is 5.97 Å². The van der Waals surface area contributed by atoms with Crippen LogP contribution in [0.1, 0.15) is 32.6 Å². The normalized spacial score (nSPS) is 12.0. The van der Waals surface area contributed by atoms with Gasteiger partial charge in [0.1, 0.15) is 0 Å². The number of carboxylic acid groups (broad SMARTS) is 1. The van der Waals surface area contributed by atoms with Gasteiger partial charge in [-0.15, -0.1) is 6.42 Å². The number of terminal acetylenes is 1. The third-order valence-corrected chi connectivity index (χ3v) is 1.74. The van der Waals surface area contributed by atoms with Gasteiger partial charge in [-0.05, 0) is 19.4 Å². The highest BCUT2D eigenvalue weighted by molar-refractivity contribution is 5.66. The lowest BCUT2D eigenvalue weighted by atomic mass is 10.2. The SMILES string of the molecule is C#CC(CCC)NCCCC(=O)O. The zero-order valence-corrected chi connectivity index (χ0v) is 8.05. The van der Waals surface area contributed by atoms with Crippen molar-refractivity contribution in [2.24, 2.45) is 0 Å². The van der Waals surface area contributed by atoms with E-state index in [1.165, 1.54) is 0 Å². The highest BCUT2D eigenvalue weighted by atomic mass is 16.4. The molecule has 13 heavy (non-hydrogen) atoms. The van der Waals surface area contributed by atoms with Crippen LogP contribution in [0.2, 0.25) is 0 Å². The molecule has 0 heterocycles. The highest BCUT2D eigenvalue weighted by Gasteiger charge is 2.02. The molecule has 0 aromatic carbocycles. The predicted octanol–water partition coefficient (Wildman–Crippen LogP) is 1.24. The van der Waals surface area contributed by atoms with Crippen LogP contribution < -0.4 is 5.32 Å². The van der Waals surface area contributed by atoms with Crippen LogP contribution in [-0.4, -0.2) is 23.7 Å². The van der Waals surface area contributed by atoms with E-state index in [1.807, 2.05) is 0 Å². The van der Waals surface area contributed by atoms with E-state index in [4.69, 9.17) is 11.5 Å². The van der Waals surface area contributed by atoms with Gasteiger partial charge >= 0.3 is 5.97 Å². The largest absolute Gasteiger partial charge is 0.481 e. The maximum absolute atomic E-state index is 10.2. The minimum absolute atomic E-state index is 0.0961. The summed E-state index contributed by atoms with van der Waals surface area (Å²) in [5, 5.41) is 11.5. The Morgan fingerprint density at radius 3 is 2.85 bits per heavy atom. The number of nitrogens with one attached hydrogen (secondary N) is 1. The zero-order chi connectivity index (χ0) is 10.1. The van der Waals surface area contributed by atoms with Crippen molar-refractivity contribution in [1.82, 2.24) is 5.32 Å². The minimum Gasteiger partial charge on any atom is -0.481 e. The zero-order valence-electron chi connectivity index (χ0n) is 8.05. The maximum Gasteiger partial charge on any atom is 0.303 e. The molecule has 3 nitrogen and oxygen atoms in total. The topological polar surface area (TPSA) is 49.3 Å². The van der Waals surface area contributed by atoms with Gasteiger partial charge in [0.2, 0.25) is 0 Å². The van der Waals surface area contributed by atoms with E-state index in [1.54, 1.807) is 0 Å². The maximum atomic E-state index is 10.2. The number of aliphatic carboxylic acids is 1. The predicted molar refractivity (Wildman–Crippen MR) is 52.4 cm³/mol. The van der Waals surface area contributed by atoms with Gasteiger partial charge in [0.15, 0.2) is 0 Å². The molecule has 74 valence electrons. The molecule has 0 bridgehead atoms. The molecule has 3 heteroatoms. The van der Waals surface area contributed by atoms with Crippen LogP contribution in [0.4, 0.5) is 0 Å². The Balaban J connectivity index is 3.39. The number of rotatable bonds is 7. The van der Waals surface area contributed by atoms with Crippen molar-refractivity contribution in [3.63, 3.8) is 0 Å². The average Bonchev–Trinajstić information content (AvgIpc) is 2.10. The first-order valence-corrected chi connectivity index (χ1v) is 4.62. The van der Waals surface area contributed by atoms with Gasteiger partial charge in [-0.1, -0.05) is 19.3 Å². The lowest BCUT2D eigenvalue weighted by Gasteiger charge is -2.10. The van der Waals surface area contributed by atoms with E-state index < -0.39 is 5.97 Å². The molecule has 0 fully saturated rings. The van der Waals surface area contributed by atoms with Gasteiger partial charge in [0, 0.05) is 6.42 Å². The average molecular weight is 183 g/mol. The molecule has 0 radical (unpaired) electrons. The van der Waals surface area contributed by atoms with E-state index in [0.717, 1.165) is 12.8 Å². The van der Waals surface area contributed by atoms with E-state index in [9.17, 15) is 4.79 Å². The summed E-state index contributed by atoms with van der Waals surface area (Å²) in [5.41, 5.74) is 0. The Morgan fingerprint density at radius 2 is 2.38 bits per heavy atom.